The topological polar surface area (TPSA) is 57.4 Å². The van der Waals surface area contributed by atoms with Crippen LogP contribution in [0, 0.1) is 22.7 Å². The van der Waals surface area contributed by atoms with E-state index in [0.29, 0.717) is 11.1 Å². The molecule has 4 nitrogen and oxygen atoms in total. The van der Waals surface area contributed by atoms with E-state index in [-0.39, 0.29) is 0 Å². The van der Waals surface area contributed by atoms with Gasteiger partial charge in [0.1, 0.15) is 0 Å². The van der Waals surface area contributed by atoms with Gasteiger partial charge in [-0.1, -0.05) is 55.2 Å². The standard InChI is InChI=1S/C41H28N4SSi/c1-47(2,3)29-12-15-39-33(22-29)30-6-4-5-7-36(30)44(39)27-10-16-40-34(20-27)35-21-28(11-17-41(35)46-40)45-37-13-8-25(23-42)18-31(37)32-19-26(24-43)9-14-38(32)45/h4-22H,1-3H3. The second kappa shape index (κ2) is 9.92. The summed E-state index contributed by atoms with van der Waals surface area (Å²) in [5, 5.41) is 27.7. The molecule has 47 heavy (non-hydrogen) atoms. The smallest absolute Gasteiger partial charge is 0.0991 e. The van der Waals surface area contributed by atoms with Crippen LogP contribution in [-0.4, -0.2) is 17.2 Å². The van der Waals surface area contributed by atoms with Crippen molar-refractivity contribution in [3.63, 3.8) is 0 Å². The van der Waals surface area contributed by atoms with E-state index in [1.165, 1.54) is 47.2 Å². The van der Waals surface area contributed by atoms with Crippen molar-refractivity contribution < 1.29 is 0 Å². The predicted octanol–water partition coefficient (Wildman–Crippen LogP) is 10.5. The molecule has 0 saturated carbocycles. The van der Waals surface area contributed by atoms with Crippen LogP contribution in [0.3, 0.4) is 0 Å². The van der Waals surface area contributed by atoms with Crippen molar-refractivity contribution in [2.45, 2.75) is 19.6 Å². The first-order valence-corrected chi connectivity index (χ1v) is 20.0. The number of thiophene rings is 1. The normalized spacial score (nSPS) is 12.1. The van der Waals surface area contributed by atoms with Gasteiger partial charge in [-0.2, -0.15) is 10.5 Å². The zero-order valence-corrected chi connectivity index (χ0v) is 28.0. The third-order valence-corrected chi connectivity index (χ3v) is 12.7. The molecule has 3 aromatic heterocycles. The van der Waals surface area contributed by atoms with Gasteiger partial charge in [-0.15, -0.1) is 11.3 Å². The fourth-order valence-corrected chi connectivity index (χ4v) is 9.42. The lowest BCUT2D eigenvalue weighted by Gasteiger charge is -2.17. The molecule has 0 aliphatic carbocycles. The van der Waals surface area contributed by atoms with E-state index >= 15 is 0 Å². The number of nitriles is 2. The van der Waals surface area contributed by atoms with E-state index in [2.05, 4.69) is 120 Å². The summed E-state index contributed by atoms with van der Waals surface area (Å²) < 4.78 is 7.16. The van der Waals surface area contributed by atoms with Crippen molar-refractivity contribution in [2.24, 2.45) is 0 Å². The van der Waals surface area contributed by atoms with Crippen molar-refractivity contribution in [3.8, 4) is 23.5 Å². The molecule has 0 spiro atoms. The summed E-state index contributed by atoms with van der Waals surface area (Å²) in [6, 6.07) is 45.6. The minimum Gasteiger partial charge on any atom is -0.309 e. The lowest BCUT2D eigenvalue weighted by Crippen LogP contribution is -2.37. The molecule has 9 aromatic rings. The van der Waals surface area contributed by atoms with Crippen molar-refractivity contribution in [1.82, 2.24) is 9.13 Å². The Morgan fingerprint density at radius 3 is 1.51 bits per heavy atom. The molecule has 0 amide bonds. The Labute approximate surface area is 276 Å². The molecule has 0 N–H and O–H groups in total. The highest BCUT2D eigenvalue weighted by molar-refractivity contribution is 7.25. The van der Waals surface area contributed by atoms with E-state index in [0.717, 1.165) is 33.2 Å². The summed E-state index contributed by atoms with van der Waals surface area (Å²) in [5.41, 5.74) is 7.88. The quantitative estimate of drug-likeness (QED) is 0.181. The second-order valence-electron chi connectivity index (χ2n) is 13.3. The summed E-state index contributed by atoms with van der Waals surface area (Å²) >= 11 is 1.82. The molecule has 3 heterocycles. The average molecular weight is 637 g/mol. The summed E-state index contributed by atoms with van der Waals surface area (Å²) in [6.45, 7) is 7.22. The maximum atomic E-state index is 9.63. The maximum absolute atomic E-state index is 9.63. The molecule has 9 rings (SSSR count). The monoisotopic (exact) mass is 636 g/mol. The Morgan fingerprint density at radius 2 is 0.979 bits per heavy atom. The Bertz CT molecular complexity index is 2790. The van der Waals surface area contributed by atoms with Gasteiger partial charge < -0.3 is 9.13 Å². The van der Waals surface area contributed by atoms with Gasteiger partial charge in [-0.05, 0) is 84.9 Å². The van der Waals surface area contributed by atoms with Crippen LogP contribution in [-0.2, 0) is 0 Å². The number of rotatable bonds is 3. The molecule has 222 valence electrons. The van der Waals surface area contributed by atoms with E-state index in [1.807, 2.05) is 47.7 Å². The molecule has 0 fully saturated rings. The van der Waals surface area contributed by atoms with Gasteiger partial charge in [0.15, 0.2) is 0 Å². The third kappa shape index (κ3) is 4.09. The fraction of sp³-hybridized carbons (Fsp3) is 0.0732. The second-order valence-corrected chi connectivity index (χ2v) is 19.5. The summed E-state index contributed by atoms with van der Waals surface area (Å²) in [4.78, 5) is 0. The van der Waals surface area contributed by atoms with E-state index in [9.17, 15) is 10.5 Å². The molecule has 0 atom stereocenters. The molecule has 0 radical (unpaired) electrons. The minimum atomic E-state index is -1.48. The Hall–Kier alpha value is -5.66. The molecular weight excluding hydrogens is 609 g/mol. The Morgan fingerprint density at radius 1 is 0.489 bits per heavy atom. The zero-order chi connectivity index (χ0) is 32.0. The van der Waals surface area contributed by atoms with Crippen molar-refractivity contribution >= 4 is 88.4 Å². The van der Waals surface area contributed by atoms with Crippen LogP contribution in [0.5, 0.6) is 0 Å². The first-order chi connectivity index (χ1) is 22.8. The van der Waals surface area contributed by atoms with E-state index < -0.39 is 8.07 Å². The van der Waals surface area contributed by atoms with Gasteiger partial charge in [-0.25, -0.2) is 0 Å². The highest BCUT2D eigenvalue weighted by Gasteiger charge is 2.20. The number of hydrogen-bond donors (Lipinski definition) is 0. The number of benzene rings is 6. The van der Waals surface area contributed by atoms with Gasteiger partial charge in [-0.3, -0.25) is 0 Å². The van der Waals surface area contributed by atoms with Crippen molar-refractivity contribution in [1.29, 1.82) is 10.5 Å². The van der Waals surface area contributed by atoms with Gasteiger partial charge in [0.2, 0.25) is 0 Å². The van der Waals surface area contributed by atoms with Crippen LogP contribution >= 0.6 is 11.3 Å². The number of fused-ring (bicyclic) bond motifs is 9. The summed E-state index contributed by atoms with van der Waals surface area (Å²) in [6.07, 6.45) is 0. The number of para-hydroxylation sites is 1. The van der Waals surface area contributed by atoms with Gasteiger partial charge in [0.05, 0.1) is 53.4 Å². The van der Waals surface area contributed by atoms with Crippen molar-refractivity contribution in [2.75, 3.05) is 0 Å². The van der Waals surface area contributed by atoms with Crippen LogP contribution in [0.15, 0.2) is 115 Å². The van der Waals surface area contributed by atoms with Crippen LogP contribution < -0.4 is 5.19 Å². The highest BCUT2D eigenvalue weighted by atomic mass is 32.1. The lowest BCUT2D eigenvalue weighted by atomic mass is 10.1. The molecular formula is C41H28N4SSi. The first-order valence-electron chi connectivity index (χ1n) is 15.7. The number of hydrogen-bond acceptors (Lipinski definition) is 3. The lowest BCUT2D eigenvalue weighted by molar-refractivity contribution is 1.18. The molecule has 0 aliphatic rings. The average Bonchev–Trinajstić information content (AvgIpc) is 3.73. The summed E-state index contributed by atoms with van der Waals surface area (Å²) in [5.74, 6) is 0. The fourth-order valence-electron chi connectivity index (χ4n) is 7.19. The van der Waals surface area contributed by atoms with E-state index in [1.54, 1.807) is 0 Å². The zero-order valence-electron chi connectivity index (χ0n) is 26.2. The molecule has 0 aliphatic heterocycles. The van der Waals surface area contributed by atoms with Crippen LogP contribution in [0.1, 0.15) is 11.1 Å². The molecule has 0 unspecified atom stereocenters. The Balaban J connectivity index is 1.28. The molecule has 0 saturated heterocycles. The minimum absolute atomic E-state index is 0.604. The van der Waals surface area contributed by atoms with Crippen molar-refractivity contribution in [3.05, 3.63) is 126 Å². The van der Waals surface area contributed by atoms with Crippen LogP contribution in [0.4, 0.5) is 0 Å². The molecule has 6 heteroatoms. The third-order valence-electron chi connectivity index (χ3n) is 9.51. The van der Waals surface area contributed by atoms with Gasteiger partial charge >= 0.3 is 0 Å². The largest absolute Gasteiger partial charge is 0.309 e. The van der Waals surface area contributed by atoms with Crippen LogP contribution in [0.25, 0.3) is 75.2 Å². The van der Waals surface area contributed by atoms with E-state index in [4.69, 9.17) is 0 Å². The molecule has 6 aromatic carbocycles. The predicted molar refractivity (Wildman–Crippen MR) is 200 cm³/mol. The molecule has 0 bridgehead atoms. The number of aromatic nitrogens is 2. The van der Waals surface area contributed by atoms with Gasteiger partial charge in [0, 0.05) is 53.1 Å². The highest BCUT2D eigenvalue weighted by Crippen LogP contribution is 2.40. The van der Waals surface area contributed by atoms with Crippen LogP contribution in [0.2, 0.25) is 19.6 Å². The number of nitrogens with zero attached hydrogens (tertiary/aromatic N) is 4. The SMILES string of the molecule is C[Si](C)(C)c1ccc2c(c1)c1ccccc1n2-c1ccc2sc3ccc(-n4c5ccc(C#N)cc5c5cc(C#N)ccc54)cc3c2c1. The van der Waals surface area contributed by atoms with Gasteiger partial charge in [0.25, 0.3) is 0 Å². The first kappa shape index (κ1) is 27.6. The Kier molecular flexibility index (Phi) is 5.83. The maximum Gasteiger partial charge on any atom is 0.0991 e. The summed E-state index contributed by atoms with van der Waals surface area (Å²) in [7, 11) is -1.48.